The topological polar surface area (TPSA) is 61.2 Å². The lowest BCUT2D eigenvalue weighted by atomic mass is 10.1. The fraction of sp³-hybridized carbons (Fsp3) is 0.267. The lowest BCUT2D eigenvalue weighted by Gasteiger charge is -2.10. The minimum atomic E-state index is -0.213. The number of carbonyl (C=O) groups is 1. The van der Waals surface area contributed by atoms with Crippen LogP contribution in [0.25, 0.3) is 0 Å². The number of ketones is 1. The smallest absolute Gasteiger partial charge is 0.299 e. The Balaban J connectivity index is 2.16. The van der Waals surface area contributed by atoms with E-state index >= 15 is 0 Å². The lowest BCUT2D eigenvalue weighted by Crippen LogP contribution is -2.24. The molecule has 0 N–H and O–H groups in total. The van der Waals surface area contributed by atoms with Gasteiger partial charge in [-0.05, 0) is 6.92 Å². The molecule has 0 spiro atoms. The summed E-state index contributed by atoms with van der Waals surface area (Å²) in [7, 11) is 1.46. The van der Waals surface area contributed by atoms with E-state index in [1.165, 1.54) is 17.7 Å². The molecule has 0 saturated carbocycles. The van der Waals surface area contributed by atoms with Crippen LogP contribution in [-0.4, -0.2) is 22.4 Å². The van der Waals surface area contributed by atoms with Crippen molar-refractivity contribution in [2.75, 3.05) is 7.11 Å². The zero-order valence-electron chi connectivity index (χ0n) is 11.5. The van der Waals surface area contributed by atoms with E-state index < -0.39 is 0 Å². The van der Waals surface area contributed by atoms with Crippen molar-refractivity contribution in [2.24, 2.45) is 0 Å². The number of ether oxygens (including phenoxy) is 1. The molecule has 1 heterocycles. The Bertz CT molecular complexity index is 663. The number of rotatable bonds is 5. The predicted molar refractivity (Wildman–Crippen MR) is 75.2 cm³/mol. The summed E-state index contributed by atoms with van der Waals surface area (Å²) in [5, 5.41) is 0. The first-order chi connectivity index (χ1) is 9.61. The highest BCUT2D eigenvalue weighted by molar-refractivity contribution is 5.95. The summed E-state index contributed by atoms with van der Waals surface area (Å²) in [5.41, 5.74) is 1.02. The van der Waals surface area contributed by atoms with Crippen LogP contribution in [0.2, 0.25) is 0 Å². The Morgan fingerprint density at radius 2 is 2.00 bits per heavy atom. The molecule has 5 nitrogen and oxygen atoms in total. The highest BCUT2D eigenvalue weighted by Crippen LogP contribution is 2.08. The van der Waals surface area contributed by atoms with Crippen molar-refractivity contribution in [3.05, 3.63) is 58.0 Å². The van der Waals surface area contributed by atoms with Crippen molar-refractivity contribution >= 4 is 5.78 Å². The molecule has 0 bridgehead atoms. The molecule has 0 saturated heterocycles. The van der Waals surface area contributed by atoms with Gasteiger partial charge in [0.15, 0.2) is 5.78 Å². The van der Waals surface area contributed by atoms with Crippen LogP contribution in [0.1, 0.15) is 22.5 Å². The van der Waals surface area contributed by atoms with E-state index in [-0.39, 0.29) is 30.3 Å². The summed E-state index contributed by atoms with van der Waals surface area (Å²) >= 11 is 0. The summed E-state index contributed by atoms with van der Waals surface area (Å²) < 4.78 is 6.45. The minimum absolute atomic E-state index is 0.0138. The molecule has 1 aromatic heterocycles. The Kier molecular flexibility index (Phi) is 4.30. The normalized spacial score (nSPS) is 10.3. The van der Waals surface area contributed by atoms with Crippen LogP contribution in [0, 0.1) is 6.92 Å². The minimum Gasteiger partial charge on any atom is -0.468 e. The van der Waals surface area contributed by atoms with Crippen LogP contribution in [0.15, 0.2) is 41.2 Å². The van der Waals surface area contributed by atoms with E-state index in [2.05, 4.69) is 4.98 Å². The van der Waals surface area contributed by atoms with Crippen molar-refractivity contribution in [3.8, 4) is 6.01 Å². The van der Waals surface area contributed by atoms with Crippen LogP contribution >= 0.6 is 0 Å². The lowest BCUT2D eigenvalue weighted by molar-refractivity contribution is 0.0975. The van der Waals surface area contributed by atoms with E-state index in [0.717, 1.165) is 0 Å². The first kappa shape index (κ1) is 14.0. The van der Waals surface area contributed by atoms with Gasteiger partial charge in [0.2, 0.25) is 0 Å². The summed E-state index contributed by atoms with van der Waals surface area (Å²) in [6.07, 6.45) is 0.227. The number of carbonyl (C=O) groups excluding carboxylic acids is 1. The number of benzene rings is 1. The molecule has 0 atom stereocenters. The zero-order chi connectivity index (χ0) is 14.5. The first-order valence-electron chi connectivity index (χ1n) is 6.32. The third-order valence-corrected chi connectivity index (χ3v) is 2.94. The standard InChI is InChI=1S/C15H16N2O3/c1-11-10-14(19)17(15(16-11)20-2)9-8-13(18)12-6-4-3-5-7-12/h3-7,10H,8-9H2,1-2H3. The molecule has 2 aromatic rings. The molecule has 0 fully saturated rings. The average molecular weight is 272 g/mol. The molecule has 1 aromatic carbocycles. The quantitative estimate of drug-likeness (QED) is 0.779. The molecule has 104 valence electrons. The predicted octanol–water partition coefficient (Wildman–Crippen LogP) is 1.83. The van der Waals surface area contributed by atoms with Gasteiger partial charge in [0.25, 0.3) is 11.6 Å². The third-order valence-electron chi connectivity index (χ3n) is 2.94. The van der Waals surface area contributed by atoms with Gasteiger partial charge in [-0.1, -0.05) is 30.3 Å². The second kappa shape index (κ2) is 6.14. The molecule has 0 amide bonds. The molecular formula is C15H16N2O3. The monoisotopic (exact) mass is 272 g/mol. The number of aryl methyl sites for hydroxylation is 1. The molecule has 5 heteroatoms. The van der Waals surface area contributed by atoms with E-state index in [9.17, 15) is 9.59 Å². The van der Waals surface area contributed by atoms with Crippen LogP contribution in [0.4, 0.5) is 0 Å². The maximum atomic E-state index is 12.0. The van der Waals surface area contributed by atoms with E-state index in [1.54, 1.807) is 19.1 Å². The summed E-state index contributed by atoms with van der Waals surface area (Å²) in [4.78, 5) is 28.1. The largest absolute Gasteiger partial charge is 0.468 e. The zero-order valence-corrected chi connectivity index (χ0v) is 11.5. The van der Waals surface area contributed by atoms with E-state index in [4.69, 9.17) is 4.74 Å². The SMILES string of the molecule is COc1nc(C)cc(=O)n1CCC(=O)c1ccccc1. The van der Waals surface area contributed by atoms with Gasteiger partial charge in [0.1, 0.15) is 0 Å². The summed E-state index contributed by atoms with van der Waals surface area (Å²) in [6, 6.07) is 10.7. The number of hydrogen-bond donors (Lipinski definition) is 0. The second-order valence-electron chi connectivity index (χ2n) is 4.41. The number of nitrogens with zero attached hydrogens (tertiary/aromatic N) is 2. The fourth-order valence-electron chi connectivity index (χ4n) is 1.94. The number of hydrogen-bond acceptors (Lipinski definition) is 4. The van der Waals surface area contributed by atoms with E-state index in [0.29, 0.717) is 11.3 Å². The second-order valence-corrected chi connectivity index (χ2v) is 4.41. The van der Waals surface area contributed by atoms with Gasteiger partial charge in [0, 0.05) is 30.3 Å². The van der Waals surface area contributed by atoms with Gasteiger partial charge in [-0.25, -0.2) is 4.98 Å². The first-order valence-corrected chi connectivity index (χ1v) is 6.32. The van der Waals surface area contributed by atoms with Crippen molar-refractivity contribution in [1.82, 2.24) is 9.55 Å². The Morgan fingerprint density at radius 3 is 2.65 bits per heavy atom. The molecule has 2 rings (SSSR count). The fourth-order valence-corrected chi connectivity index (χ4v) is 1.94. The van der Waals surface area contributed by atoms with E-state index in [1.807, 2.05) is 18.2 Å². The van der Waals surface area contributed by atoms with Crippen LogP contribution < -0.4 is 10.3 Å². The Morgan fingerprint density at radius 1 is 1.30 bits per heavy atom. The van der Waals surface area contributed by atoms with Crippen molar-refractivity contribution < 1.29 is 9.53 Å². The van der Waals surface area contributed by atoms with Gasteiger partial charge in [-0.2, -0.15) is 0 Å². The van der Waals surface area contributed by atoms with Gasteiger partial charge >= 0.3 is 0 Å². The van der Waals surface area contributed by atoms with Crippen molar-refractivity contribution in [1.29, 1.82) is 0 Å². The van der Waals surface area contributed by atoms with Gasteiger partial charge in [-0.15, -0.1) is 0 Å². The molecule has 0 aliphatic carbocycles. The molecular weight excluding hydrogens is 256 g/mol. The van der Waals surface area contributed by atoms with Crippen molar-refractivity contribution in [2.45, 2.75) is 19.9 Å². The average Bonchev–Trinajstić information content (AvgIpc) is 2.46. The highest BCUT2D eigenvalue weighted by Gasteiger charge is 2.10. The molecule has 0 aliphatic rings. The van der Waals surface area contributed by atoms with Gasteiger partial charge in [-0.3, -0.25) is 14.2 Å². The Hall–Kier alpha value is -2.43. The molecule has 0 radical (unpaired) electrons. The molecule has 0 aliphatic heterocycles. The van der Waals surface area contributed by atoms with Crippen molar-refractivity contribution in [3.63, 3.8) is 0 Å². The maximum Gasteiger partial charge on any atom is 0.299 e. The van der Waals surface area contributed by atoms with Gasteiger partial charge < -0.3 is 4.74 Å². The summed E-state index contributed by atoms with van der Waals surface area (Å²) in [6.45, 7) is 1.98. The molecule has 20 heavy (non-hydrogen) atoms. The summed E-state index contributed by atoms with van der Waals surface area (Å²) in [5.74, 6) is -0.0138. The van der Waals surface area contributed by atoms with Crippen LogP contribution in [0.5, 0.6) is 6.01 Å². The number of methoxy groups -OCH3 is 1. The third kappa shape index (κ3) is 3.12. The number of Topliss-reactive ketones (excluding diaryl/α,β-unsaturated/α-hetero) is 1. The highest BCUT2D eigenvalue weighted by atomic mass is 16.5. The van der Waals surface area contributed by atoms with Crippen LogP contribution in [0.3, 0.4) is 0 Å². The molecule has 0 unspecified atom stereocenters. The maximum absolute atomic E-state index is 12.0. The Labute approximate surface area is 116 Å². The number of aromatic nitrogens is 2. The van der Waals surface area contributed by atoms with Gasteiger partial charge in [0.05, 0.1) is 7.11 Å². The van der Waals surface area contributed by atoms with Crippen LogP contribution in [-0.2, 0) is 6.54 Å².